The van der Waals surface area contributed by atoms with E-state index < -0.39 is 11.1 Å². The van der Waals surface area contributed by atoms with Crippen molar-refractivity contribution in [2.75, 3.05) is 19.6 Å². The minimum absolute atomic E-state index is 0.408. The van der Waals surface area contributed by atoms with Crippen molar-refractivity contribution in [1.82, 2.24) is 10.2 Å². The second-order valence-corrected chi connectivity index (χ2v) is 5.52. The number of hydrogen-bond donors (Lipinski definition) is 1. The highest BCUT2D eigenvalue weighted by Crippen LogP contribution is 2.34. The van der Waals surface area contributed by atoms with Crippen molar-refractivity contribution < 1.29 is 13.2 Å². The van der Waals surface area contributed by atoms with Crippen molar-refractivity contribution in [2.45, 2.75) is 25.7 Å². The Labute approximate surface area is 102 Å². The summed E-state index contributed by atoms with van der Waals surface area (Å²) in [4.78, 5) is 2.47. The predicted octanol–water partition coefficient (Wildman–Crippen LogP) is 2.56. The Bertz CT molecular complexity index is 375. The van der Waals surface area contributed by atoms with Gasteiger partial charge in [0.05, 0.1) is 0 Å². The summed E-state index contributed by atoms with van der Waals surface area (Å²) < 4.78 is 37.3. The lowest BCUT2D eigenvalue weighted by atomic mass is 10.2. The van der Waals surface area contributed by atoms with Crippen molar-refractivity contribution in [3.05, 3.63) is 21.9 Å². The van der Waals surface area contributed by atoms with Gasteiger partial charge in [-0.2, -0.15) is 13.2 Å². The lowest BCUT2D eigenvalue weighted by molar-refractivity contribution is -0.134. The molecule has 2 heterocycles. The minimum Gasteiger partial charge on any atom is -0.312 e. The molecule has 2 rings (SSSR count). The standard InChI is InChI=1S/C11H15F3N2S/c1-8-6-16(5-4-15-8)7-9-2-3-10(17-9)11(12,13)14/h2-3,8,15H,4-7H2,1H3. The van der Waals surface area contributed by atoms with E-state index in [4.69, 9.17) is 0 Å². The Morgan fingerprint density at radius 3 is 2.82 bits per heavy atom. The van der Waals surface area contributed by atoms with E-state index in [1.165, 1.54) is 6.07 Å². The first-order valence-corrected chi connectivity index (χ1v) is 6.38. The summed E-state index contributed by atoms with van der Waals surface area (Å²) in [5.41, 5.74) is 0. The Kier molecular flexibility index (Phi) is 3.75. The van der Waals surface area contributed by atoms with E-state index in [0.717, 1.165) is 35.8 Å². The van der Waals surface area contributed by atoms with Crippen LogP contribution in [0.5, 0.6) is 0 Å². The Morgan fingerprint density at radius 1 is 1.47 bits per heavy atom. The van der Waals surface area contributed by atoms with Crippen LogP contribution in [0.2, 0.25) is 0 Å². The first-order chi connectivity index (χ1) is 7.95. The highest BCUT2D eigenvalue weighted by Gasteiger charge is 2.32. The van der Waals surface area contributed by atoms with Crippen LogP contribution >= 0.6 is 11.3 Å². The van der Waals surface area contributed by atoms with E-state index in [9.17, 15) is 13.2 Å². The summed E-state index contributed by atoms with van der Waals surface area (Å²) in [6.07, 6.45) is -4.21. The summed E-state index contributed by atoms with van der Waals surface area (Å²) in [6, 6.07) is 3.16. The molecule has 1 aromatic rings. The molecule has 1 atom stereocenters. The van der Waals surface area contributed by atoms with E-state index >= 15 is 0 Å². The van der Waals surface area contributed by atoms with Crippen LogP contribution in [0.1, 0.15) is 16.7 Å². The zero-order valence-corrected chi connectivity index (χ0v) is 10.4. The van der Waals surface area contributed by atoms with E-state index in [2.05, 4.69) is 17.1 Å². The second kappa shape index (κ2) is 4.96. The van der Waals surface area contributed by atoms with Gasteiger partial charge in [0.15, 0.2) is 0 Å². The van der Waals surface area contributed by atoms with Crippen LogP contribution in [0.25, 0.3) is 0 Å². The average Bonchev–Trinajstić information content (AvgIpc) is 2.65. The van der Waals surface area contributed by atoms with Crippen LogP contribution in [0, 0.1) is 0 Å². The Morgan fingerprint density at radius 2 is 2.24 bits per heavy atom. The minimum atomic E-state index is -4.21. The largest absolute Gasteiger partial charge is 0.425 e. The summed E-state index contributed by atoms with van der Waals surface area (Å²) >= 11 is 0.848. The Hall–Kier alpha value is -0.590. The van der Waals surface area contributed by atoms with Crippen molar-refractivity contribution in [1.29, 1.82) is 0 Å². The van der Waals surface area contributed by atoms with Crippen molar-refractivity contribution in [3.8, 4) is 0 Å². The number of rotatable bonds is 2. The van der Waals surface area contributed by atoms with E-state index in [-0.39, 0.29) is 0 Å². The van der Waals surface area contributed by atoms with Crippen LogP contribution in [-0.2, 0) is 12.7 Å². The molecule has 1 aromatic heterocycles. The first kappa shape index (κ1) is 12.9. The molecule has 0 saturated carbocycles. The molecule has 0 radical (unpaired) electrons. The Balaban J connectivity index is 1.97. The van der Waals surface area contributed by atoms with E-state index in [1.807, 2.05) is 0 Å². The highest BCUT2D eigenvalue weighted by atomic mass is 32.1. The zero-order valence-electron chi connectivity index (χ0n) is 9.55. The molecule has 17 heavy (non-hydrogen) atoms. The molecular formula is C11H15F3N2S. The molecule has 0 aliphatic carbocycles. The summed E-state index contributed by atoms with van der Waals surface area (Å²) in [5, 5.41) is 3.31. The van der Waals surface area contributed by atoms with Gasteiger partial charge in [-0.1, -0.05) is 0 Å². The molecular weight excluding hydrogens is 249 g/mol. The molecule has 0 amide bonds. The van der Waals surface area contributed by atoms with Gasteiger partial charge in [0, 0.05) is 37.1 Å². The maximum atomic E-state index is 12.4. The van der Waals surface area contributed by atoms with Crippen LogP contribution in [0.15, 0.2) is 12.1 Å². The molecule has 0 bridgehead atoms. The van der Waals surface area contributed by atoms with Crippen molar-refractivity contribution in [3.63, 3.8) is 0 Å². The van der Waals surface area contributed by atoms with Crippen LogP contribution < -0.4 is 5.32 Å². The van der Waals surface area contributed by atoms with E-state index in [0.29, 0.717) is 12.6 Å². The molecule has 1 aliphatic rings. The topological polar surface area (TPSA) is 15.3 Å². The van der Waals surface area contributed by atoms with Gasteiger partial charge in [0.1, 0.15) is 4.88 Å². The average molecular weight is 264 g/mol. The number of hydrogen-bond acceptors (Lipinski definition) is 3. The fourth-order valence-corrected chi connectivity index (χ4v) is 2.91. The number of alkyl halides is 3. The van der Waals surface area contributed by atoms with Gasteiger partial charge >= 0.3 is 6.18 Å². The van der Waals surface area contributed by atoms with Gasteiger partial charge in [-0.25, -0.2) is 0 Å². The van der Waals surface area contributed by atoms with Gasteiger partial charge in [-0.05, 0) is 19.1 Å². The smallest absolute Gasteiger partial charge is 0.312 e. The van der Waals surface area contributed by atoms with Gasteiger partial charge in [-0.3, -0.25) is 4.90 Å². The van der Waals surface area contributed by atoms with Crippen LogP contribution in [0.3, 0.4) is 0 Å². The maximum Gasteiger partial charge on any atom is 0.425 e. The normalized spacial score (nSPS) is 22.9. The zero-order chi connectivity index (χ0) is 12.5. The third-order valence-corrected chi connectivity index (χ3v) is 3.89. The molecule has 1 saturated heterocycles. The molecule has 1 fully saturated rings. The summed E-state index contributed by atoms with van der Waals surface area (Å²) in [7, 11) is 0. The number of nitrogens with zero attached hydrogens (tertiary/aromatic N) is 1. The number of piperazine rings is 1. The molecule has 2 nitrogen and oxygen atoms in total. The first-order valence-electron chi connectivity index (χ1n) is 5.57. The fraction of sp³-hybridized carbons (Fsp3) is 0.636. The molecule has 6 heteroatoms. The number of nitrogens with one attached hydrogen (secondary N) is 1. The molecule has 1 aliphatic heterocycles. The fourth-order valence-electron chi connectivity index (χ4n) is 1.99. The number of thiophene rings is 1. The SMILES string of the molecule is CC1CN(Cc2ccc(C(F)(F)F)s2)CCN1. The third kappa shape index (κ3) is 3.43. The highest BCUT2D eigenvalue weighted by molar-refractivity contribution is 7.12. The lowest BCUT2D eigenvalue weighted by Gasteiger charge is -2.31. The molecule has 96 valence electrons. The van der Waals surface area contributed by atoms with Crippen molar-refractivity contribution in [2.24, 2.45) is 0 Å². The van der Waals surface area contributed by atoms with Gasteiger partial charge in [-0.15, -0.1) is 11.3 Å². The monoisotopic (exact) mass is 264 g/mol. The van der Waals surface area contributed by atoms with Crippen molar-refractivity contribution >= 4 is 11.3 Å². The van der Waals surface area contributed by atoms with Crippen LogP contribution in [0.4, 0.5) is 13.2 Å². The van der Waals surface area contributed by atoms with Crippen LogP contribution in [-0.4, -0.2) is 30.6 Å². The predicted molar refractivity (Wildman–Crippen MR) is 62.1 cm³/mol. The second-order valence-electron chi connectivity index (χ2n) is 4.35. The lowest BCUT2D eigenvalue weighted by Crippen LogP contribution is -2.48. The quantitative estimate of drug-likeness (QED) is 0.883. The molecule has 1 N–H and O–H groups in total. The van der Waals surface area contributed by atoms with Gasteiger partial charge in [0.25, 0.3) is 0 Å². The molecule has 0 spiro atoms. The maximum absolute atomic E-state index is 12.4. The van der Waals surface area contributed by atoms with Gasteiger partial charge in [0.2, 0.25) is 0 Å². The summed E-state index contributed by atoms with van der Waals surface area (Å²) in [5.74, 6) is 0. The van der Waals surface area contributed by atoms with Gasteiger partial charge < -0.3 is 5.32 Å². The number of halogens is 3. The molecule has 1 unspecified atom stereocenters. The van der Waals surface area contributed by atoms with E-state index in [1.54, 1.807) is 6.07 Å². The summed E-state index contributed by atoms with van der Waals surface area (Å²) in [6.45, 7) is 5.38. The molecule has 0 aromatic carbocycles. The third-order valence-electron chi connectivity index (χ3n) is 2.77.